The number of hydrogen-bond donors (Lipinski definition) is 1. The van der Waals surface area contributed by atoms with Crippen LogP contribution in [0.4, 0.5) is 0 Å². The lowest BCUT2D eigenvalue weighted by Crippen LogP contribution is -2.44. The van der Waals surface area contributed by atoms with Crippen LogP contribution < -0.4 is 10.1 Å². The molecule has 1 aliphatic heterocycles. The summed E-state index contributed by atoms with van der Waals surface area (Å²) in [6, 6.07) is 14.7. The number of carbonyl (C=O) groups is 1. The van der Waals surface area contributed by atoms with Crippen LogP contribution >= 0.6 is 23.8 Å². The summed E-state index contributed by atoms with van der Waals surface area (Å²) in [4.78, 5) is 16.6. The Kier molecular flexibility index (Phi) is 6.08. The van der Waals surface area contributed by atoms with Gasteiger partial charge in [0.1, 0.15) is 18.3 Å². The number of ether oxygens (including phenoxy) is 2. The number of thiocarbonyl (C=S) groups is 1. The van der Waals surface area contributed by atoms with Crippen LogP contribution in [0, 0.1) is 5.92 Å². The number of aliphatic imine (C=N–C) groups is 1. The lowest BCUT2D eigenvalue weighted by Gasteiger charge is -2.31. The molecule has 0 aromatic heterocycles. The van der Waals surface area contributed by atoms with Gasteiger partial charge in [-0.1, -0.05) is 41.9 Å². The van der Waals surface area contributed by atoms with Crippen molar-refractivity contribution in [3.8, 4) is 5.75 Å². The SMILES string of the molecule is COC(=O)C1C(C)=NC(=S)NC1c1cc(Cl)ccc1OCc1ccccc1. The lowest BCUT2D eigenvalue weighted by atomic mass is 9.88. The average Bonchev–Trinajstić information content (AvgIpc) is 2.66. The molecule has 1 heterocycles. The Balaban J connectivity index is 1.96. The Labute approximate surface area is 168 Å². The number of benzene rings is 2. The largest absolute Gasteiger partial charge is 0.489 e. The Hall–Kier alpha value is -2.44. The molecule has 2 aromatic carbocycles. The fourth-order valence-electron chi connectivity index (χ4n) is 3.04. The number of rotatable bonds is 5. The van der Waals surface area contributed by atoms with E-state index in [1.807, 2.05) is 30.3 Å². The number of nitrogens with one attached hydrogen (secondary N) is 1. The molecule has 3 rings (SSSR count). The number of nitrogens with zero attached hydrogens (tertiary/aromatic N) is 1. The van der Waals surface area contributed by atoms with Gasteiger partial charge in [0.15, 0.2) is 5.11 Å². The van der Waals surface area contributed by atoms with Gasteiger partial charge in [0.25, 0.3) is 0 Å². The van der Waals surface area contributed by atoms with Crippen LogP contribution in [0.2, 0.25) is 5.02 Å². The van der Waals surface area contributed by atoms with E-state index in [0.717, 1.165) is 11.1 Å². The quantitative estimate of drug-likeness (QED) is 0.602. The molecule has 0 saturated carbocycles. The summed E-state index contributed by atoms with van der Waals surface area (Å²) >= 11 is 11.5. The predicted molar refractivity (Wildman–Crippen MR) is 109 cm³/mol. The Morgan fingerprint density at radius 2 is 2.00 bits per heavy atom. The highest BCUT2D eigenvalue weighted by Gasteiger charge is 2.38. The van der Waals surface area contributed by atoms with E-state index in [0.29, 0.717) is 28.2 Å². The molecule has 0 amide bonds. The molecule has 0 radical (unpaired) electrons. The molecule has 0 aliphatic carbocycles. The van der Waals surface area contributed by atoms with Gasteiger partial charge >= 0.3 is 5.97 Å². The van der Waals surface area contributed by atoms with Gasteiger partial charge in [-0.15, -0.1) is 0 Å². The summed E-state index contributed by atoms with van der Waals surface area (Å²) in [6.07, 6.45) is 0. The first kappa shape index (κ1) is 19.3. The van der Waals surface area contributed by atoms with E-state index in [1.54, 1.807) is 25.1 Å². The second kappa shape index (κ2) is 8.50. The van der Waals surface area contributed by atoms with E-state index in [-0.39, 0.29) is 0 Å². The smallest absolute Gasteiger partial charge is 0.316 e. The maximum Gasteiger partial charge on any atom is 0.316 e. The van der Waals surface area contributed by atoms with Crippen LogP contribution in [0.25, 0.3) is 0 Å². The third-order valence-electron chi connectivity index (χ3n) is 4.34. The van der Waals surface area contributed by atoms with Crippen LogP contribution in [-0.4, -0.2) is 23.9 Å². The lowest BCUT2D eigenvalue weighted by molar-refractivity contribution is -0.143. The highest BCUT2D eigenvalue weighted by atomic mass is 35.5. The van der Waals surface area contributed by atoms with Gasteiger partial charge in [-0.25, -0.2) is 4.99 Å². The first-order valence-corrected chi connectivity index (χ1v) is 9.18. The second-order valence-corrected chi connectivity index (χ2v) is 6.96. The maximum atomic E-state index is 12.4. The van der Waals surface area contributed by atoms with E-state index in [9.17, 15) is 4.79 Å². The van der Waals surface area contributed by atoms with Gasteiger partial charge in [0, 0.05) is 16.3 Å². The summed E-state index contributed by atoms with van der Waals surface area (Å²) in [5.41, 5.74) is 2.35. The molecule has 5 nitrogen and oxygen atoms in total. The third kappa shape index (κ3) is 4.46. The molecular formula is C20H19ClN2O3S. The fourth-order valence-corrected chi connectivity index (χ4v) is 3.49. The second-order valence-electron chi connectivity index (χ2n) is 6.14. The number of hydrogen-bond acceptors (Lipinski definition) is 4. The zero-order valence-corrected chi connectivity index (χ0v) is 16.5. The summed E-state index contributed by atoms with van der Waals surface area (Å²) in [5, 5.41) is 3.95. The molecule has 2 atom stereocenters. The zero-order valence-electron chi connectivity index (χ0n) is 14.9. The van der Waals surface area contributed by atoms with Gasteiger partial charge in [0.05, 0.1) is 13.2 Å². The van der Waals surface area contributed by atoms with E-state index < -0.39 is 17.9 Å². The van der Waals surface area contributed by atoms with Crippen molar-refractivity contribution in [3.63, 3.8) is 0 Å². The van der Waals surface area contributed by atoms with Crippen molar-refractivity contribution in [1.82, 2.24) is 5.32 Å². The average molecular weight is 403 g/mol. The van der Waals surface area contributed by atoms with Crippen molar-refractivity contribution in [2.24, 2.45) is 10.9 Å². The van der Waals surface area contributed by atoms with Gasteiger partial charge < -0.3 is 14.8 Å². The first-order valence-electron chi connectivity index (χ1n) is 8.39. The minimum atomic E-state index is -0.626. The predicted octanol–water partition coefficient (Wildman–Crippen LogP) is 4.10. The number of carbonyl (C=O) groups excluding carboxylic acids is 1. The molecule has 0 spiro atoms. The number of halogens is 1. The molecule has 7 heteroatoms. The Morgan fingerprint density at radius 3 is 2.70 bits per heavy atom. The van der Waals surface area contributed by atoms with E-state index in [2.05, 4.69) is 10.3 Å². The molecule has 1 N–H and O–H groups in total. The molecule has 0 bridgehead atoms. The van der Waals surface area contributed by atoms with E-state index in [4.69, 9.17) is 33.3 Å². The molecule has 2 aromatic rings. The van der Waals surface area contributed by atoms with Crippen LogP contribution in [0.15, 0.2) is 53.5 Å². The molecule has 0 saturated heterocycles. The van der Waals surface area contributed by atoms with Crippen molar-refractivity contribution in [1.29, 1.82) is 0 Å². The summed E-state index contributed by atoms with van der Waals surface area (Å²) < 4.78 is 11.0. The monoisotopic (exact) mass is 402 g/mol. The number of esters is 1. The minimum Gasteiger partial charge on any atom is -0.489 e. The molecular weight excluding hydrogens is 384 g/mol. The normalized spacial score (nSPS) is 19.1. The van der Waals surface area contributed by atoms with Crippen LogP contribution in [0.3, 0.4) is 0 Å². The highest BCUT2D eigenvalue weighted by Crippen LogP contribution is 2.36. The first-order chi connectivity index (χ1) is 13.0. The molecule has 0 fully saturated rings. The van der Waals surface area contributed by atoms with Crippen molar-refractivity contribution in [3.05, 3.63) is 64.7 Å². The molecule has 2 unspecified atom stereocenters. The van der Waals surface area contributed by atoms with Crippen LogP contribution in [0.1, 0.15) is 24.1 Å². The zero-order chi connectivity index (χ0) is 19.4. The van der Waals surface area contributed by atoms with Crippen molar-refractivity contribution in [2.75, 3.05) is 7.11 Å². The molecule has 1 aliphatic rings. The van der Waals surface area contributed by atoms with Gasteiger partial charge in [-0.05, 0) is 42.9 Å². The standard InChI is InChI=1S/C20H19ClN2O3S/c1-12-17(19(24)25-2)18(23-20(27)22-12)15-10-14(21)8-9-16(15)26-11-13-6-4-3-5-7-13/h3-10,17-18H,11H2,1-2H3,(H,23,27). The van der Waals surface area contributed by atoms with Crippen molar-refractivity contribution >= 4 is 40.6 Å². The topological polar surface area (TPSA) is 59.9 Å². The van der Waals surface area contributed by atoms with E-state index >= 15 is 0 Å². The Bertz CT molecular complexity index is 886. The highest BCUT2D eigenvalue weighted by molar-refractivity contribution is 7.80. The molecule has 27 heavy (non-hydrogen) atoms. The van der Waals surface area contributed by atoms with Gasteiger partial charge in [-0.3, -0.25) is 4.79 Å². The fraction of sp³-hybridized carbons (Fsp3) is 0.250. The maximum absolute atomic E-state index is 12.4. The number of methoxy groups -OCH3 is 1. The third-order valence-corrected chi connectivity index (χ3v) is 4.78. The van der Waals surface area contributed by atoms with Crippen molar-refractivity contribution < 1.29 is 14.3 Å². The van der Waals surface area contributed by atoms with Crippen LogP contribution in [0.5, 0.6) is 5.75 Å². The summed E-state index contributed by atoms with van der Waals surface area (Å²) in [5.74, 6) is -0.406. The van der Waals surface area contributed by atoms with Gasteiger partial charge in [0.2, 0.25) is 0 Å². The van der Waals surface area contributed by atoms with Gasteiger partial charge in [-0.2, -0.15) is 0 Å². The molecule has 140 valence electrons. The van der Waals surface area contributed by atoms with Crippen molar-refractivity contribution in [2.45, 2.75) is 19.6 Å². The Morgan fingerprint density at radius 1 is 1.26 bits per heavy atom. The minimum absolute atomic E-state index is 0.312. The van der Waals surface area contributed by atoms with E-state index in [1.165, 1.54) is 7.11 Å². The summed E-state index contributed by atoms with van der Waals surface area (Å²) in [7, 11) is 1.35. The van der Waals surface area contributed by atoms with Crippen LogP contribution in [-0.2, 0) is 16.1 Å². The summed E-state index contributed by atoms with van der Waals surface area (Å²) in [6.45, 7) is 2.15.